The van der Waals surface area contributed by atoms with Gasteiger partial charge in [-0.05, 0) is 62.6 Å². The van der Waals surface area contributed by atoms with Crippen LogP contribution in [0.4, 0.5) is 0 Å². The van der Waals surface area contributed by atoms with Crippen LogP contribution in [-0.2, 0) is 25.5 Å². The van der Waals surface area contributed by atoms with Crippen molar-refractivity contribution in [2.24, 2.45) is 0 Å². The van der Waals surface area contributed by atoms with E-state index in [-0.39, 0.29) is 12.1 Å². The lowest BCUT2D eigenvalue weighted by atomic mass is 10.0. The van der Waals surface area contributed by atoms with E-state index in [0.29, 0.717) is 11.5 Å². The summed E-state index contributed by atoms with van der Waals surface area (Å²) in [4.78, 5) is 33.8. The van der Waals surface area contributed by atoms with Crippen LogP contribution in [-0.4, -0.2) is 24.0 Å². The fourth-order valence-corrected chi connectivity index (χ4v) is 3.74. The normalized spacial score (nSPS) is 12.1. The van der Waals surface area contributed by atoms with Crippen molar-refractivity contribution in [1.82, 2.24) is 0 Å². The second kappa shape index (κ2) is 18.4. The van der Waals surface area contributed by atoms with E-state index in [1.54, 1.807) is 6.07 Å². The van der Waals surface area contributed by atoms with Gasteiger partial charge in [-0.25, -0.2) is 0 Å². The van der Waals surface area contributed by atoms with Crippen molar-refractivity contribution >= 4 is 17.9 Å². The number of hydrogen-bond acceptors (Lipinski definition) is 6. The lowest BCUT2D eigenvalue weighted by Gasteiger charge is -2.14. The summed E-state index contributed by atoms with van der Waals surface area (Å²) in [6.07, 6.45) is 19.6. The highest BCUT2D eigenvalue weighted by Gasteiger charge is 2.09. The van der Waals surface area contributed by atoms with Gasteiger partial charge in [0, 0.05) is 33.3 Å². The van der Waals surface area contributed by atoms with E-state index in [9.17, 15) is 14.4 Å². The van der Waals surface area contributed by atoms with Crippen LogP contribution in [0.3, 0.4) is 0 Å². The van der Waals surface area contributed by atoms with E-state index >= 15 is 0 Å². The van der Waals surface area contributed by atoms with Crippen LogP contribution in [0.15, 0.2) is 42.5 Å². The molecule has 0 unspecified atom stereocenters. The van der Waals surface area contributed by atoms with Gasteiger partial charge in [-0.3, -0.25) is 14.4 Å². The molecular formula is C29H42O6. The number of benzene rings is 1. The first-order valence-corrected chi connectivity index (χ1v) is 12.8. The largest absolute Gasteiger partial charge is 0.462 e. The van der Waals surface area contributed by atoms with Gasteiger partial charge in [0.2, 0.25) is 0 Å². The number of allylic oxidation sites excluding steroid dienone is 3. The van der Waals surface area contributed by atoms with E-state index < -0.39 is 11.9 Å². The summed E-state index contributed by atoms with van der Waals surface area (Å²) in [5.41, 5.74) is 0.986. The number of carbonyl (C=O) groups excluding carboxylic acids is 3. The van der Waals surface area contributed by atoms with E-state index in [1.165, 1.54) is 27.2 Å². The molecule has 0 fully saturated rings. The minimum atomic E-state index is -0.404. The average molecular weight is 487 g/mol. The van der Waals surface area contributed by atoms with Gasteiger partial charge >= 0.3 is 17.9 Å². The first-order chi connectivity index (χ1) is 16.8. The molecule has 0 aliphatic rings. The molecule has 1 rings (SSSR count). The van der Waals surface area contributed by atoms with Crippen molar-refractivity contribution in [2.45, 2.75) is 104 Å². The lowest BCUT2D eigenvalue weighted by molar-refractivity contribution is -0.146. The van der Waals surface area contributed by atoms with E-state index in [4.69, 9.17) is 14.2 Å². The number of esters is 3. The zero-order chi connectivity index (χ0) is 25.9. The summed E-state index contributed by atoms with van der Waals surface area (Å²) in [5.74, 6) is -0.230. The minimum Gasteiger partial charge on any atom is -0.462 e. The topological polar surface area (TPSA) is 78.9 Å². The van der Waals surface area contributed by atoms with Gasteiger partial charge in [0.05, 0.1) is 0 Å². The molecule has 0 N–H and O–H groups in total. The molecule has 6 nitrogen and oxygen atoms in total. The number of hydrogen-bond donors (Lipinski definition) is 0. The SMILES string of the molecule is CC/C=C\C[C@H](CC/C=C\CCCCCCCc1cc(OC(C)=O)cc(OC(C)=O)c1)OC(C)=O. The third kappa shape index (κ3) is 16.4. The highest BCUT2D eigenvalue weighted by Crippen LogP contribution is 2.25. The van der Waals surface area contributed by atoms with Crippen LogP contribution in [0.2, 0.25) is 0 Å². The molecule has 0 aliphatic carbocycles. The number of rotatable bonds is 17. The maximum Gasteiger partial charge on any atom is 0.308 e. The van der Waals surface area contributed by atoms with Gasteiger partial charge in [0.25, 0.3) is 0 Å². The molecular weight excluding hydrogens is 444 g/mol. The Morgan fingerprint density at radius 1 is 0.743 bits per heavy atom. The van der Waals surface area contributed by atoms with Crippen molar-refractivity contribution in [3.05, 3.63) is 48.1 Å². The standard InChI is InChI=1S/C29H42O6/c1-5-6-14-18-27(33-23(2)30)19-16-13-11-9-7-8-10-12-15-17-26-20-28(34-24(3)31)22-29(21-26)35-25(4)32/h6,11,13-14,20-22,27H,5,7-10,12,15-19H2,1-4H3/b13-11-,14-6-/t27-/m1/s1. The molecule has 0 bridgehead atoms. The second-order valence-corrected chi connectivity index (χ2v) is 8.70. The fourth-order valence-electron chi connectivity index (χ4n) is 3.74. The van der Waals surface area contributed by atoms with Crippen LogP contribution in [0.5, 0.6) is 11.5 Å². The smallest absolute Gasteiger partial charge is 0.308 e. The third-order valence-electron chi connectivity index (χ3n) is 5.26. The zero-order valence-electron chi connectivity index (χ0n) is 21.8. The Bertz CT molecular complexity index is 805. The number of ether oxygens (including phenoxy) is 3. The van der Waals surface area contributed by atoms with Gasteiger partial charge in [-0.2, -0.15) is 0 Å². The van der Waals surface area contributed by atoms with Crippen LogP contribution >= 0.6 is 0 Å². The summed E-state index contributed by atoms with van der Waals surface area (Å²) >= 11 is 0. The summed E-state index contributed by atoms with van der Waals surface area (Å²) in [6, 6.07) is 5.20. The molecule has 0 amide bonds. The van der Waals surface area contributed by atoms with Gasteiger partial charge in [-0.15, -0.1) is 0 Å². The second-order valence-electron chi connectivity index (χ2n) is 8.70. The zero-order valence-corrected chi connectivity index (χ0v) is 21.8. The molecule has 0 heterocycles. The molecule has 0 saturated carbocycles. The summed E-state index contributed by atoms with van der Waals surface area (Å²) in [7, 11) is 0. The van der Waals surface area contributed by atoms with Crippen molar-refractivity contribution in [3.8, 4) is 11.5 Å². The molecule has 1 aromatic carbocycles. The van der Waals surface area contributed by atoms with Crippen molar-refractivity contribution in [3.63, 3.8) is 0 Å². The molecule has 0 aliphatic heterocycles. The van der Waals surface area contributed by atoms with E-state index in [1.807, 2.05) is 12.1 Å². The summed E-state index contributed by atoms with van der Waals surface area (Å²) < 4.78 is 15.7. The first-order valence-electron chi connectivity index (χ1n) is 12.8. The van der Waals surface area contributed by atoms with E-state index in [0.717, 1.165) is 69.8 Å². The van der Waals surface area contributed by atoms with Crippen molar-refractivity contribution in [1.29, 1.82) is 0 Å². The maximum absolute atomic E-state index is 11.3. The molecule has 1 aromatic rings. The van der Waals surface area contributed by atoms with Crippen molar-refractivity contribution in [2.75, 3.05) is 0 Å². The van der Waals surface area contributed by atoms with Crippen molar-refractivity contribution < 1.29 is 28.6 Å². The van der Waals surface area contributed by atoms with Crippen LogP contribution in [0.25, 0.3) is 0 Å². The highest BCUT2D eigenvalue weighted by molar-refractivity contribution is 5.71. The first kappa shape index (κ1) is 30.1. The van der Waals surface area contributed by atoms with Crippen LogP contribution < -0.4 is 9.47 Å². The lowest BCUT2D eigenvalue weighted by Crippen LogP contribution is -2.15. The minimum absolute atomic E-state index is 0.0419. The van der Waals surface area contributed by atoms with Crippen LogP contribution in [0, 0.1) is 0 Å². The number of carbonyl (C=O) groups is 3. The maximum atomic E-state index is 11.3. The van der Waals surface area contributed by atoms with Gasteiger partial charge in [-0.1, -0.05) is 50.5 Å². The Kier molecular flexibility index (Phi) is 15.9. The highest BCUT2D eigenvalue weighted by atomic mass is 16.5. The predicted octanol–water partition coefficient (Wildman–Crippen LogP) is 7.04. The Labute approximate surface area is 210 Å². The Morgan fingerprint density at radius 3 is 1.94 bits per heavy atom. The Morgan fingerprint density at radius 2 is 1.34 bits per heavy atom. The molecule has 0 aromatic heterocycles. The Balaban J connectivity index is 2.25. The number of unbranched alkanes of at least 4 members (excludes halogenated alkanes) is 5. The van der Waals surface area contributed by atoms with Gasteiger partial charge in [0.15, 0.2) is 0 Å². The van der Waals surface area contributed by atoms with Crippen LogP contribution in [0.1, 0.15) is 97.5 Å². The van der Waals surface area contributed by atoms with Gasteiger partial charge in [0.1, 0.15) is 17.6 Å². The molecule has 1 atom stereocenters. The monoisotopic (exact) mass is 486 g/mol. The molecule has 6 heteroatoms. The number of aryl methyl sites for hydroxylation is 1. The average Bonchev–Trinajstić information content (AvgIpc) is 2.76. The molecule has 35 heavy (non-hydrogen) atoms. The molecule has 194 valence electrons. The quantitative estimate of drug-likeness (QED) is 0.102. The summed E-state index contributed by atoms with van der Waals surface area (Å²) in [6.45, 7) is 6.25. The third-order valence-corrected chi connectivity index (χ3v) is 5.26. The predicted molar refractivity (Wildman–Crippen MR) is 138 cm³/mol. The summed E-state index contributed by atoms with van der Waals surface area (Å²) in [5, 5.41) is 0. The Hall–Kier alpha value is -2.89. The fraction of sp³-hybridized carbons (Fsp3) is 0.552. The molecule has 0 radical (unpaired) electrons. The molecule has 0 spiro atoms. The van der Waals surface area contributed by atoms with Gasteiger partial charge < -0.3 is 14.2 Å². The van der Waals surface area contributed by atoms with E-state index in [2.05, 4.69) is 31.2 Å². The molecule has 0 saturated heterocycles.